The Kier molecular flexibility index (Phi) is 4.49. The maximum Gasteiger partial charge on any atom is 0.279 e. The van der Waals surface area contributed by atoms with Crippen LogP contribution in [-0.2, 0) is 17.1 Å². The number of hydrogen-bond donors (Lipinski definition) is 1. The fourth-order valence-electron chi connectivity index (χ4n) is 2.82. The Bertz CT molecular complexity index is 1220. The molecule has 0 radical (unpaired) electrons. The molecule has 3 aromatic rings. The molecule has 1 N–H and O–H groups in total. The highest BCUT2D eigenvalue weighted by atomic mass is 32.2. The van der Waals surface area contributed by atoms with Crippen LogP contribution in [0.5, 0.6) is 0 Å². The number of nitrogens with one attached hydrogen (secondary N) is 1. The van der Waals surface area contributed by atoms with Gasteiger partial charge in [-0.3, -0.25) is 4.79 Å². The molecule has 1 heterocycles. The van der Waals surface area contributed by atoms with Gasteiger partial charge in [0.15, 0.2) is 4.80 Å². The van der Waals surface area contributed by atoms with Crippen LogP contribution in [0.3, 0.4) is 0 Å². The van der Waals surface area contributed by atoms with Crippen LogP contribution in [0, 0.1) is 6.92 Å². The summed E-state index contributed by atoms with van der Waals surface area (Å²) in [4.78, 5) is 17.7. The normalized spacial score (nSPS) is 15.4. The molecule has 1 saturated carbocycles. The number of carbonyl (C=O) groups is 1. The van der Waals surface area contributed by atoms with Crippen molar-refractivity contribution >= 4 is 37.5 Å². The Morgan fingerprint density at radius 2 is 1.96 bits per heavy atom. The van der Waals surface area contributed by atoms with Crippen molar-refractivity contribution in [3.63, 3.8) is 0 Å². The second-order valence-electron chi connectivity index (χ2n) is 6.70. The van der Waals surface area contributed by atoms with Crippen LogP contribution in [0.15, 0.2) is 52.4 Å². The lowest BCUT2D eigenvalue weighted by molar-refractivity contribution is 0.0997. The van der Waals surface area contributed by atoms with Crippen molar-refractivity contribution in [2.75, 3.05) is 0 Å². The van der Waals surface area contributed by atoms with E-state index in [0.717, 1.165) is 23.1 Å². The molecule has 1 fully saturated rings. The second kappa shape index (κ2) is 6.70. The van der Waals surface area contributed by atoms with Crippen molar-refractivity contribution < 1.29 is 13.2 Å². The summed E-state index contributed by atoms with van der Waals surface area (Å²) in [7, 11) is -1.76. The highest BCUT2D eigenvalue weighted by Crippen LogP contribution is 2.23. The van der Waals surface area contributed by atoms with Gasteiger partial charge in [-0.25, -0.2) is 13.1 Å². The van der Waals surface area contributed by atoms with E-state index in [9.17, 15) is 13.2 Å². The Labute approximate surface area is 161 Å². The van der Waals surface area contributed by atoms with Gasteiger partial charge in [-0.15, -0.1) is 0 Å². The summed E-state index contributed by atoms with van der Waals surface area (Å²) in [5.41, 5.74) is 1.99. The van der Waals surface area contributed by atoms with Gasteiger partial charge in [0, 0.05) is 18.7 Å². The summed E-state index contributed by atoms with van der Waals surface area (Å²) in [5.74, 6) is -0.446. The zero-order valence-electron chi connectivity index (χ0n) is 15.0. The monoisotopic (exact) mass is 401 g/mol. The predicted octanol–water partition coefficient (Wildman–Crippen LogP) is 2.73. The van der Waals surface area contributed by atoms with Gasteiger partial charge in [-0.2, -0.15) is 4.99 Å². The zero-order chi connectivity index (χ0) is 19.2. The number of carbonyl (C=O) groups excluding carboxylic acids is 1. The first-order valence-corrected chi connectivity index (χ1v) is 10.9. The predicted molar refractivity (Wildman–Crippen MR) is 105 cm³/mol. The molecule has 1 aromatic heterocycles. The van der Waals surface area contributed by atoms with E-state index in [1.165, 1.54) is 23.5 Å². The Balaban J connectivity index is 1.74. The maximum absolute atomic E-state index is 12.8. The number of amides is 1. The minimum Gasteiger partial charge on any atom is -0.319 e. The first kappa shape index (κ1) is 18.1. The van der Waals surface area contributed by atoms with Crippen LogP contribution in [0.25, 0.3) is 10.2 Å². The largest absolute Gasteiger partial charge is 0.319 e. The fraction of sp³-hybridized carbons (Fsp3) is 0.263. The SMILES string of the molecule is Cc1ccc(S(=O)(=O)NC2CC2)cc1C(=O)N=c1sc2ccccc2n1C. The molecule has 6 nitrogen and oxygen atoms in total. The second-order valence-corrected chi connectivity index (χ2v) is 9.42. The minimum absolute atomic E-state index is 0.0118. The smallest absolute Gasteiger partial charge is 0.279 e. The number of fused-ring (bicyclic) bond motifs is 1. The molecule has 27 heavy (non-hydrogen) atoms. The summed E-state index contributed by atoms with van der Waals surface area (Å²) in [5, 5.41) is 0. The fourth-order valence-corrected chi connectivity index (χ4v) is 5.17. The lowest BCUT2D eigenvalue weighted by atomic mass is 10.1. The molecule has 1 aliphatic rings. The standard InChI is InChI=1S/C19H19N3O3S2/c1-12-7-10-14(27(24,25)21-13-8-9-13)11-15(12)18(23)20-19-22(2)16-5-3-4-6-17(16)26-19/h3-7,10-11,13,21H,8-9H2,1-2H3. The average molecular weight is 402 g/mol. The van der Waals surface area contributed by atoms with Crippen molar-refractivity contribution in [3.8, 4) is 0 Å². The third-order valence-corrected chi connectivity index (χ3v) is 7.19. The van der Waals surface area contributed by atoms with Crippen LogP contribution in [0.1, 0.15) is 28.8 Å². The van der Waals surface area contributed by atoms with Gasteiger partial charge in [-0.05, 0) is 49.6 Å². The lowest BCUT2D eigenvalue weighted by Gasteiger charge is -2.08. The summed E-state index contributed by atoms with van der Waals surface area (Å²) < 4.78 is 30.4. The lowest BCUT2D eigenvalue weighted by Crippen LogP contribution is -2.26. The van der Waals surface area contributed by atoms with Gasteiger partial charge in [-0.1, -0.05) is 29.5 Å². The van der Waals surface area contributed by atoms with E-state index >= 15 is 0 Å². The Morgan fingerprint density at radius 1 is 1.22 bits per heavy atom. The number of para-hydroxylation sites is 1. The van der Waals surface area contributed by atoms with Gasteiger partial charge >= 0.3 is 0 Å². The van der Waals surface area contributed by atoms with Gasteiger partial charge in [0.25, 0.3) is 5.91 Å². The number of rotatable bonds is 4. The van der Waals surface area contributed by atoms with Crippen molar-refractivity contribution in [3.05, 3.63) is 58.4 Å². The molecule has 0 spiro atoms. The van der Waals surface area contributed by atoms with Crippen LogP contribution in [0.2, 0.25) is 0 Å². The average Bonchev–Trinajstić information content (AvgIpc) is 3.38. The minimum atomic E-state index is -3.62. The molecule has 0 saturated heterocycles. The Hall–Kier alpha value is -2.29. The topological polar surface area (TPSA) is 80.5 Å². The summed E-state index contributed by atoms with van der Waals surface area (Å²) in [6.45, 7) is 1.78. The quantitative estimate of drug-likeness (QED) is 0.730. The number of hydrogen-bond acceptors (Lipinski definition) is 4. The number of benzene rings is 2. The molecule has 4 rings (SSSR count). The van der Waals surface area contributed by atoms with E-state index in [4.69, 9.17) is 0 Å². The summed E-state index contributed by atoms with van der Waals surface area (Å²) in [6, 6.07) is 12.4. The van der Waals surface area contributed by atoms with Crippen molar-refractivity contribution in [2.24, 2.45) is 12.0 Å². The molecule has 1 aliphatic carbocycles. The number of nitrogens with zero attached hydrogens (tertiary/aromatic N) is 2. The molecule has 0 aliphatic heterocycles. The van der Waals surface area contributed by atoms with E-state index in [1.54, 1.807) is 13.0 Å². The molecule has 0 atom stereocenters. The molecular weight excluding hydrogens is 382 g/mol. The molecule has 1 amide bonds. The number of sulfonamides is 1. The highest BCUT2D eigenvalue weighted by molar-refractivity contribution is 7.89. The van der Waals surface area contributed by atoms with E-state index in [1.807, 2.05) is 35.9 Å². The van der Waals surface area contributed by atoms with E-state index < -0.39 is 15.9 Å². The van der Waals surface area contributed by atoms with Gasteiger partial charge in [0.05, 0.1) is 15.1 Å². The van der Waals surface area contributed by atoms with Crippen molar-refractivity contribution in [2.45, 2.75) is 30.7 Å². The van der Waals surface area contributed by atoms with Crippen LogP contribution < -0.4 is 9.52 Å². The summed E-state index contributed by atoms with van der Waals surface area (Å²) >= 11 is 1.42. The third kappa shape index (κ3) is 3.60. The first-order valence-electron chi connectivity index (χ1n) is 8.62. The van der Waals surface area contributed by atoms with Crippen molar-refractivity contribution in [1.29, 1.82) is 0 Å². The number of aryl methyl sites for hydroxylation is 2. The Morgan fingerprint density at radius 3 is 2.67 bits per heavy atom. The van der Waals surface area contributed by atoms with Crippen molar-refractivity contribution in [1.82, 2.24) is 9.29 Å². The third-order valence-electron chi connectivity index (χ3n) is 4.56. The molecule has 0 unspecified atom stereocenters. The van der Waals surface area contributed by atoms with E-state index in [2.05, 4.69) is 9.71 Å². The molecular formula is C19H19N3O3S2. The van der Waals surface area contributed by atoms with Crippen LogP contribution in [0.4, 0.5) is 0 Å². The molecule has 8 heteroatoms. The molecule has 0 bridgehead atoms. The number of thiazole rings is 1. The van der Waals surface area contributed by atoms with Crippen LogP contribution >= 0.6 is 11.3 Å². The van der Waals surface area contributed by atoms with E-state index in [0.29, 0.717) is 15.9 Å². The van der Waals surface area contributed by atoms with Gasteiger partial charge in [0.1, 0.15) is 0 Å². The first-order chi connectivity index (χ1) is 12.8. The maximum atomic E-state index is 12.8. The van der Waals surface area contributed by atoms with Gasteiger partial charge < -0.3 is 4.57 Å². The highest BCUT2D eigenvalue weighted by Gasteiger charge is 2.28. The van der Waals surface area contributed by atoms with Gasteiger partial charge in [0.2, 0.25) is 10.0 Å². The number of aromatic nitrogens is 1. The van der Waals surface area contributed by atoms with Crippen LogP contribution in [-0.4, -0.2) is 24.9 Å². The molecule has 2 aromatic carbocycles. The molecule has 140 valence electrons. The van der Waals surface area contributed by atoms with E-state index in [-0.39, 0.29) is 10.9 Å². The zero-order valence-corrected chi connectivity index (χ0v) is 16.6. The summed E-state index contributed by atoms with van der Waals surface area (Å²) in [6.07, 6.45) is 1.71.